The number of nitrogens with zero attached hydrogens (tertiary/aromatic N) is 3. The third kappa shape index (κ3) is 4.82. The summed E-state index contributed by atoms with van der Waals surface area (Å²) in [4.78, 5) is 9.63. The number of ether oxygens (including phenoxy) is 2. The van der Waals surface area contributed by atoms with Crippen molar-refractivity contribution in [2.75, 3.05) is 6.61 Å². The standard InChI is InChI=1S/C41H47N3O2/c1-23-13-32-36(42-21-23)44-33-20-34(46-28-16-25(15-26(17-28)38(3,4)5)37-43-40(9,10)22-45-37)24(2)14-29(33)30-18-27(39(6,7)8)19-31(35(30)44)41(32,11)12/h13-21H,22H2,1-12H3/i9D3/t40-/m0/s1. The van der Waals surface area contributed by atoms with Crippen molar-refractivity contribution in [1.29, 1.82) is 0 Å². The van der Waals surface area contributed by atoms with Gasteiger partial charge in [-0.05, 0) is 103 Å². The van der Waals surface area contributed by atoms with Crippen molar-refractivity contribution in [2.45, 2.75) is 105 Å². The molecule has 5 aromatic rings. The van der Waals surface area contributed by atoms with Gasteiger partial charge in [0.05, 0.1) is 16.6 Å². The number of hydrogen-bond donors (Lipinski definition) is 0. The summed E-state index contributed by atoms with van der Waals surface area (Å²) in [6, 6.07) is 17.4. The minimum atomic E-state index is -2.28. The monoisotopic (exact) mass is 616 g/mol. The van der Waals surface area contributed by atoms with Crippen molar-refractivity contribution < 1.29 is 13.6 Å². The van der Waals surface area contributed by atoms with Gasteiger partial charge in [-0.1, -0.05) is 61.5 Å². The van der Waals surface area contributed by atoms with Crippen LogP contribution in [-0.2, 0) is 21.0 Å². The fraction of sp³-hybridized carbons (Fsp3) is 0.415. The van der Waals surface area contributed by atoms with Crippen LogP contribution in [0.15, 0.2) is 59.7 Å². The highest BCUT2D eigenvalue weighted by molar-refractivity contribution is 6.12. The first-order valence-corrected chi connectivity index (χ1v) is 16.3. The lowest BCUT2D eigenvalue weighted by Gasteiger charge is -2.35. The van der Waals surface area contributed by atoms with Crippen molar-refractivity contribution in [3.8, 4) is 17.3 Å². The summed E-state index contributed by atoms with van der Waals surface area (Å²) in [5.41, 5.74) is 8.16. The molecule has 0 saturated heterocycles. The molecule has 46 heavy (non-hydrogen) atoms. The van der Waals surface area contributed by atoms with Gasteiger partial charge >= 0.3 is 0 Å². The van der Waals surface area contributed by atoms with Crippen LogP contribution in [0.1, 0.15) is 112 Å². The fourth-order valence-electron chi connectivity index (χ4n) is 6.85. The molecule has 2 aromatic heterocycles. The van der Waals surface area contributed by atoms with Gasteiger partial charge in [0.1, 0.15) is 23.9 Å². The fourth-order valence-corrected chi connectivity index (χ4v) is 6.85. The Morgan fingerprint density at radius 3 is 2.24 bits per heavy atom. The van der Waals surface area contributed by atoms with Crippen LogP contribution in [0.5, 0.6) is 11.5 Å². The van der Waals surface area contributed by atoms with Crippen molar-refractivity contribution in [3.63, 3.8) is 0 Å². The lowest BCUT2D eigenvalue weighted by atomic mass is 9.73. The Kier molecular flexibility index (Phi) is 5.70. The SMILES string of the molecule is [2H]C([2H])([2H])[C@]1(C)COC(c2cc(Oc3cc4c(cc3C)c3cc(C(C)(C)C)cc5c3n4-c3ncc(C)cc3C5(C)C)cc(C(C)(C)C)c2)=N1. The maximum atomic E-state index is 8.03. The van der Waals surface area contributed by atoms with Crippen molar-refractivity contribution in [1.82, 2.24) is 9.55 Å². The van der Waals surface area contributed by atoms with E-state index < -0.39 is 12.4 Å². The Morgan fingerprint density at radius 2 is 1.57 bits per heavy atom. The molecule has 0 unspecified atom stereocenters. The Balaban J connectivity index is 1.44. The normalized spacial score (nSPS) is 20.2. The highest BCUT2D eigenvalue weighted by Gasteiger charge is 2.37. The molecule has 2 aliphatic heterocycles. The second kappa shape index (κ2) is 9.70. The zero-order chi connectivity index (χ0) is 35.6. The van der Waals surface area contributed by atoms with Crippen LogP contribution in [0.4, 0.5) is 0 Å². The van der Waals surface area contributed by atoms with Crippen LogP contribution in [0, 0.1) is 13.8 Å². The smallest absolute Gasteiger partial charge is 0.216 e. The molecule has 0 N–H and O–H groups in total. The topological polar surface area (TPSA) is 48.6 Å². The predicted molar refractivity (Wildman–Crippen MR) is 191 cm³/mol. The van der Waals surface area contributed by atoms with E-state index in [1.54, 1.807) is 6.92 Å². The van der Waals surface area contributed by atoms with Gasteiger partial charge in [-0.25, -0.2) is 9.98 Å². The van der Waals surface area contributed by atoms with E-state index in [9.17, 15) is 0 Å². The zero-order valence-corrected chi connectivity index (χ0v) is 29.1. The molecule has 1 atom stereocenters. The van der Waals surface area contributed by atoms with Crippen LogP contribution < -0.4 is 4.74 Å². The summed E-state index contributed by atoms with van der Waals surface area (Å²) in [6.07, 6.45) is 1.96. The van der Waals surface area contributed by atoms with Crippen LogP contribution >= 0.6 is 0 Å². The number of benzene rings is 3. The maximum absolute atomic E-state index is 8.03. The number of aliphatic imine (C=N–C) groups is 1. The summed E-state index contributed by atoms with van der Waals surface area (Å²) in [6.45, 7) is 21.4. The van der Waals surface area contributed by atoms with E-state index in [1.807, 2.05) is 18.3 Å². The second-order valence-electron chi connectivity index (χ2n) is 16.2. The van der Waals surface area contributed by atoms with Crippen molar-refractivity contribution >= 4 is 27.7 Å². The van der Waals surface area contributed by atoms with Gasteiger partial charge in [-0.3, -0.25) is 4.57 Å². The van der Waals surface area contributed by atoms with E-state index in [1.165, 1.54) is 33.0 Å². The molecule has 0 bridgehead atoms. The van der Waals surface area contributed by atoms with Crippen LogP contribution in [-0.4, -0.2) is 27.6 Å². The Labute approximate surface area is 277 Å². The molecule has 0 fully saturated rings. The summed E-state index contributed by atoms with van der Waals surface area (Å²) >= 11 is 0. The van der Waals surface area contributed by atoms with Gasteiger partial charge in [0.2, 0.25) is 5.90 Å². The minimum absolute atomic E-state index is 0.000149. The molecule has 0 saturated carbocycles. The van der Waals surface area contributed by atoms with E-state index in [-0.39, 0.29) is 22.9 Å². The van der Waals surface area contributed by atoms with Gasteiger partial charge < -0.3 is 9.47 Å². The molecular weight excluding hydrogens is 566 g/mol. The third-order valence-electron chi connectivity index (χ3n) is 9.67. The zero-order valence-electron chi connectivity index (χ0n) is 32.1. The molecule has 0 amide bonds. The maximum Gasteiger partial charge on any atom is 0.216 e. The molecular formula is C41H47N3O2. The van der Waals surface area contributed by atoms with Gasteiger partial charge in [0, 0.05) is 43.7 Å². The predicted octanol–water partition coefficient (Wildman–Crippen LogP) is 10.4. The highest BCUT2D eigenvalue weighted by Crippen LogP contribution is 2.49. The number of aromatic nitrogens is 2. The van der Waals surface area contributed by atoms with E-state index in [0.29, 0.717) is 17.2 Å². The van der Waals surface area contributed by atoms with Gasteiger partial charge in [0.25, 0.3) is 0 Å². The first kappa shape index (κ1) is 27.0. The quantitative estimate of drug-likeness (QED) is 0.203. The molecule has 3 aromatic carbocycles. The van der Waals surface area contributed by atoms with Crippen molar-refractivity contribution in [3.05, 3.63) is 93.7 Å². The Bertz CT molecular complexity index is 2230. The molecule has 7 rings (SSSR count). The highest BCUT2D eigenvalue weighted by atomic mass is 16.5. The van der Waals surface area contributed by atoms with Gasteiger partial charge in [0.15, 0.2) is 0 Å². The molecule has 0 spiro atoms. The van der Waals surface area contributed by atoms with E-state index in [4.69, 9.17) is 18.6 Å². The van der Waals surface area contributed by atoms with Gasteiger partial charge in [-0.15, -0.1) is 0 Å². The molecule has 0 radical (unpaired) electrons. The first-order valence-electron chi connectivity index (χ1n) is 17.8. The number of rotatable bonds is 3. The Hall–Kier alpha value is -4.12. The average Bonchev–Trinajstić information content (AvgIpc) is 3.54. The molecule has 2 aliphatic rings. The van der Waals surface area contributed by atoms with E-state index >= 15 is 0 Å². The van der Waals surface area contributed by atoms with Gasteiger partial charge in [-0.2, -0.15) is 0 Å². The summed E-state index contributed by atoms with van der Waals surface area (Å²) < 4.78 is 39.1. The van der Waals surface area contributed by atoms with E-state index in [2.05, 4.69) is 115 Å². The lowest BCUT2D eigenvalue weighted by molar-refractivity contribution is 0.279. The van der Waals surface area contributed by atoms with Crippen LogP contribution in [0.3, 0.4) is 0 Å². The van der Waals surface area contributed by atoms with Crippen molar-refractivity contribution in [2.24, 2.45) is 4.99 Å². The second-order valence-corrected chi connectivity index (χ2v) is 16.2. The molecule has 238 valence electrons. The number of aryl methyl sites for hydroxylation is 2. The molecule has 5 nitrogen and oxygen atoms in total. The number of pyridine rings is 1. The number of fused-ring (bicyclic) bond motifs is 5. The largest absolute Gasteiger partial charge is 0.475 e. The summed E-state index contributed by atoms with van der Waals surface area (Å²) in [7, 11) is 0. The van der Waals surface area contributed by atoms with E-state index in [0.717, 1.165) is 33.8 Å². The molecule has 0 aliphatic carbocycles. The minimum Gasteiger partial charge on any atom is -0.475 e. The summed E-state index contributed by atoms with van der Waals surface area (Å²) in [5, 5.41) is 2.39. The summed E-state index contributed by atoms with van der Waals surface area (Å²) in [5.74, 6) is 2.65. The average molecular weight is 617 g/mol. The molecule has 5 heteroatoms. The first-order chi connectivity index (χ1) is 22.6. The lowest BCUT2D eigenvalue weighted by Crippen LogP contribution is -2.28. The van der Waals surface area contributed by atoms with Crippen LogP contribution in [0.25, 0.3) is 27.6 Å². The number of hydrogen-bond acceptors (Lipinski definition) is 4. The molecule has 4 heterocycles. The Morgan fingerprint density at radius 1 is 0.848 bits per heavy atom. The third-order valence-corrected chi connectivity index (χ3v) is 9.67. The van der Waals surface area contributed by atoms with Crippen LogP contribution in [0.2, 0.25) is 0 Å².